The van der Waals surface area contributed by atoms with Gasteiger partial charge in [-0.25, -0.2) is 0 Å². The number of methoxy groups -OCH3 is 1. The Balaban J connectivity index is 2.34. The van der Waals surface area contributed by atoms with E-state index in [2.05, 4.69) is 10.6 Å². The average molecular weight is 285 g/mol. The molecule has 2 unspecified atom stereocenters. The Bertz CT molecular complexity index is 334. The molecule has 0 saturated heterocycles. The normalized spacial score (nSPS) is 24.2. The quantitative estimate of drug-likeness (QED) is 0.648. The highest BCUT2D eigenvalue weighted by Gasteiger charge is 2.26. The van der Waals surface area contributed by atoms with Crippen LogP contribution < -0.4 is 16.4 Å². The molecule has 1 aliphatic carbocycles. The number of ether oxygens (including phenoxy) is 1. The van der Waals surface area contributed by atoms with E-state index in [1.807, 2.05) is 13.8 Å². The Labute approximate surface area is 120 Å². The Hall–Kier alpha value is -1.14. The first kappa shape index (κ1) is 16.9. The molecule has 0 aromatic heterocycles. The SMILES string of the molecule is COC1CCCCC1NC(=O)CNC(=O)[C@@H](N)C(C)C. The van der Waals surface area contributed by atoms with E-state index < -0.39 is 6.04 Å². The van der Waals surface area contributed by atoms with Crippen molar-refractivity contribution in [3.8, 4) is 0 Å². The van der Waals surface area contributed by atoms with Gasteiger partial charge in [0.05, 0.1) is 24.7 Å². The van der Waals surface area contributed by atoms with Crippen LogP contribution >= 0.6 is 0 Å². The van der Waals surface area contributed by atoms with Crippen molar-refractivity contribution in [1.82, 2.24) is 10.6 Å². The molecule has 4 N–H and O–H groups in total. The Kier molecular flexibility index (Phi) is 6.95. The summed E-state index contributed by atoms with van der Waals surface area (Å²) in [6, 6.07) is -0.541. The molecule has 1 fully saturated rings. The summed E-state index contributed by atoms with van der Waals surface area (Å²) in [5, 5.41) is 5.49. The average Bonchev–Trinajstić information content (AvgIpc) is 2.44. The van der Waals surface area contributed by atoms with Crippen molar-refractivity contribution in [2.75, 3.05) is 13.7 Å². The van der Waals surface area contributed by atoms with E-state index in [-0.39, 0.29) is 36.4 Å². The van der Waals surface area contributed by atoms with Crippen molar-refractivity contribution in [3.05, 3.63) is 0 Å². The van der Waals surface area contributed by atoms with Gasteiger partial charge in [-0.15, -0.1) is 0 Å². The molecule has 116 valence electrons. The summed E-state index contributed by atoms with van der Waals surface area (Å²) >= 11 is 0. The van der Waals surface area contributed by atoms with Gasteiger partial charge in [0.2, 0.25) is 11.8 Å². The van der Waals surface area contributed by atoms with Crippen LogP contribution in [0.25, 0.3) is 0 Å². The van der Waals surface area contributed by atoms with Gasteiger partial charge in [-0.05, 0) is 18.8 Å². The van der Waals surface area contributed by atoms with Crippen LogP contribution in [0.1, 0.15) is 39.5 Å². The second kappa shape index (κ2) is 8.21. The van der Waals surface area contributed by atoms with Gasteiger partial charge in [0.15, 0.2) is 0 Å². The minimum absolute atomic E-state index is 0.0355. The van der Waals surface area contributed by atoms with Crippen LogP contribution in [0.2, 0.25) is 0 Å². The van der Waals surface area contributed by atoms with Gasteiger partial charge in [-0.1, -0.05) is 26.7 Å². The smallest absolute Gasteiger partial charge is 0.239 e. The minimum Gasteiger partial charge on any atom is -0.379 e. The molecule has 6 nitrogen and oxygen atoms in total. The lowest BCUT2D eigenvalue weighted by Gasteiger charge is -2.31. The second-order valence-corrected chi connectivity index (χ2v) is 5.72. The third-order valence-electron chi connectivity index (χ3n) is 3.80. The Morgan fingerprint density at radius 2 is 1.95 bits per heavy atom. The summed E-state index contributed by atoms with van der Waals surface area (Å²) in [6.45, 7) is 3.71. The summed E-state index contributed by atoms with van der Waals surface area (Å²) in [4.78, 5) is 23.5. The fraction of sp³-hybridized carbons (Fsp3) is 0.857. The van der Waals surface area contributed by atoms with E-state index in [9.17, 15) is 9.59 Å². The van der Waals surface area contributed by atoms with E-state index in [1.165, 1.54) is 0 Å². The van der Waals surface area contributed by atoms with Gasteiger partial charge in [0, 0.05) is 7.11 Å². The van der Waals surface area contributed by atoms with Crippen LogP contribution in [0, 0.1) is 5.92 Å². The zero-order chi connectivity index (χ0) is 15.1. The highest BCUT2D eigenvalue weighted by molar-refractivity contribution is 5.87. The van der Waals surface area contributed by atoms with Crippen LogP contribution in [-0.4, -0.2) is 43.7 Å². The predicted molar refractivity (Wildman–Crippen MR) is 77.0 cm³/mol. The maximum atomic E-state index is 11.8. The van der Waals surface area contributed by atoms with Crippen molar-refractivity contribution in [1.29, 1.82) is 0 Å². The number of carbonyl (C=O) groups is 2. The van der Waals surface area contributed by atoms with Crippen LogP contribution in [-0.2, 0) is 14.3 Å². The third kappa shape index (κ3) is 5.09. The van der Waals surface area contributed by atoms with Crippen molar-refractivity contribution < 1.29 is 14.3 Å². The molecule has 20 heavy (non-hydrogen) atoms. The van der Waals surface area contributed by atoms with Gasteiger partial charge in [-0.2, -0.15) is 0 Å². The van der Waals surface area contributed by atoms with E-state index in [4.69, 9.17) is 10.5 Å². The molecule has 0 aromatic carbocycles. The molecule has 0 heterocycles. The largest absolute Gasteiger partial charge is 0.379 e. The van der Waals surface area contributed by atoms with Crippen molar-refractivity contribution in [2.45, 2.75) is 57.7 Å². The number of nitrogens with one attached hydrogen (secondary N) is 2. The maximum Gasteiger partial charge on any atom is 0.239 e. The van der Waals surface area contributed by atoms with E-state index in [0.29, 0.717) is 0 Å². The predicted octanol–water partition coefficient (Wildman–Crippen LogP) is 0.160. The molecule has 1 aliphatic rings. The van der Waals surface area contributed by atoms with Gasteiger partial charge < -0.3 is 21.1 Å². The van der Waals surface area contributed by atoms with Crippen molar-refractivity contribution in [2.24, 2.45) is 11.7 Å². The van der Waals surface area contributed by atoms with E-state index in [1.54, 1.807) is 7.11 Å². The molecule has 1 saturated carbocycles. The summed E-state index contributed by atoms with van der Waals surface area (Å²) in [6.07, 6.45) is 4.18. The molecule has 0 aromatic rings. The van der Waals surface area contributed by atoms with Crippen molar-refractivity contribution >= 4 is 11.8 Å². The highest BCUT2D eigenvalue weighted by Crippen LogP contribution is 2.20. The highest BCUT2D eigenvalue weighted by atomic mass is 16.5. The first-order chi connectivity index (χ1) is 9.45. The van der Waals surface area contributed by atoms with Gasteiger partial charge in [0.25, 0.3) is 0 Å². The molecule has 2 amide bonds. The fourth-order valence-corrected chi connectivity index (χ4v) is 2.39. The number of amides is 2. The monoisotopic (exact) mass is 285 g/mol. The summed E-state index contributed by atoms with van der Waals surface area (Å²) in [5.74, 6) is -0.431. The molecule has 0 spiro atoms. The second-order valence-electron chi connectivity index (χ2n) is 5.72. The lowest BCUT2D eigenvalue weighted by atomic mass is 9.92. The van der Waals surface area contributed by atoms with Crippen molar-refractivity contribution in [3.63, 3.8) is 0 Å². The number of hydrogen-bond acceptors (Lipinski definition) is 4. The van der Waals surface area contributed by atoms with E-state index in [0.717, 1.165) is 25.7 Å². The van der Waals surface area contributed by atoms with Crippen LogP contribution in [0.5, 0.6) is 0 Å². The zero-order valence-corrected chi connectivity index (χ0v) is 12.6. The lowest BCUT2D eigenvalue weighted by molar-refractivity contribution is -0.128. The molecule has 3 atom stereocenters. The first-order valence-electron chi connectivity index (χ1n) is 7.31. The molecule has 6 heteroatoms. The molecule has 0 aliphatic heterocycles. The Morgan fingerprint density at radius 1 is 1.30 bits per heavy atom. The molecular formula is C14H27N3O3. The standard InChI is InChI=1S/C14H27N3O3/c1-9(2)13(15)14(19)16-8-12(18)17-10-6-4-5-7-11(10)20-3/h9-11,13H,4-8,15H2,1-3H3,(H,16,19)(H,17,18)/t10?,11?,13-/m0/s1. The van der Waals surface area contributed by atoms with E-state index >= 15 is 0 Å². The van der Waals surface area contributed by atoms with Gasteiger partial charge >= 0.3 is 0 Å². The number of carbonyl (C=O) groups excluding carboxylic acids is 2. The zero-order valence-electron chi connectivity index (χ0n) is 12.6. The maximum absolute atomic E-state index is 11.8. The number of rotatable bonds is 6. The third-order valence-corrected chi connectivity index (χ3v) is 3.80. The topological polar surface area (TPSA) is 93.5 Å². The van der Waals surface area contributed by atoms with Gasteiger partial charge in [-0.3, -0.25) is 9.59 Å². The molecule has 1 rings (SSSR count). The first-order valence-corrected chi connectivity index (χ1v) is 7.31. The number of hydrogen-bond donors (Lipinski definition) is 3. The molecule has 0 bridgehead atoms. The molecular weight excluding hydrogens is 258 g/mol. The summed E-state index contributed by atoms with van der Waals surface area (Å²) in [7, 11) is 1.67. The summed E-state index contributed by atoms with van der Waals surface area (Å²) < 4.78 is 5.38. The van der Waals surface area contributed by atoms with Crippen LogP contribution in [0.15, 0.2) is 0 Å². The van der Waals surface area contributed by atoms with Crippen LogP contribution in [0.4, 0.5) is 0 Å². The lowest BCUT2D eigenvalue weighted by Crippen LogP contribution is -2.51. The summed E-state index contributed by atoms with van der Waals surface area (Å²) in [5.41, 5.74) is 5.71. The number of nitrogens with two attached hydrogens (primary N) is 1. The Morgan fingerprint density at radius 3 is 2.55 bits per heavy atom. The van der Waals surface area contributed by atoms with Crippen LogP contribution in [0.3, 0.4) is 0 Å². The fourth-order valence-electron chi connectivity index (χ4n) is 2.39. The molecule has 0 radical (unpaired) electrons. The van der Waals surface area contributed by atoms with Gasteiger partial charge in [0.1, 0.15) is 0 Å². The minimum atomic E-state index is -0.579.